The number of hydrogen-bond donors (Lipinski definition) is 1. The standard InChI is InChI=1S/C14H18FN3O3/c1-8(2)17(7-9-3-4-9)14(19)10-5-12(16)11(15)6-13(10)18(20)21/h5-6,8-9H,3-4,7,16H2,1-2H3. The van der Waals surface area contributed by atoms with Crippen molar-refractivity contribution in [2.75, 3.05) is 12.3 Å². The van der Waals surface area contributed by atoms with Gasteiger partial charge in [-0.25, -0.2) is 4.39 Å². The Balaban J connectivity index is 2.40. The Morgan fingerprint density at radius 3 is 2.62 bits per heavy atom. The van der Waals surface area contributed by atoms with Crippen molar-refractivity contribution < 1.29 is 14.1 Å². The lowest BCUT2D eigenvalue weighted by atomic mass is 10.1. The van der Waals surface area contributed by atoms with Crippen molar-refractivity contribution in [1.29, 1.82) is 0 Å². The summed E-state index contributed by atoms with van der Waals surface area (Å²) in [4.78, 5) is 24.4. The molecule has 0 radical (unpaired) electrons. The number of amides is 1. The molecule has 0 heterocycles. The maximum atomic E-state index is 13.4. The molecule has 1 saturated carbocycles. The Labute approximate surface area is 121 Å². The number of anilines is 1. The molecule has 0 bridgehead atoms. The first-order chi connectivity index (χ1) is 9.81. The van der Waals surface area contributed by atoms with Crippen LogP contribution in [0.15, 0.2) is 12.1 Å². The normalized spacial score (nSPS) is 14.3. The van der Waals surface area contributed by atoms with Crippen molar-refractivity contribution in [3.8, 4) is 0 Å². The van der Waals surface area contributed by atoms with Gasteiger partial charge < -0.3 is 10.6 Å². The van der Waals surface area contributed by atoms with Gasteiger partial charge in [-0.15, -0.1) is 0 Å². The second kappa shape index (κ2) is 5.67. The summed E-state index contributed by atoms with van der Waals surface area (Å²) in [6, 6.07) is 1.67. The number of nitrogen functional groups attached to an aromatic ring is 1. The van der Waals surface area contributed by atoms with Gasteiger partial charge in [-0.3, -0.25) is 14.9 Å². The molecule has 1 aliphatic rings. The third-order valence-corrected chi connectivity index (χ3v) is 3.58. The molecule has 7 heteroatoms. The minimum Gasteiger partial charge on any atom is -0.396 e. The Morgan fingerprint density at radius 1 is 1.52 bits per heavy atom. The highest BCUT2D eigenvalue weighted by atomic mass is 19.1. The number of nitrogens with zero attached hydrogens (tertiary/aromatic N) is 2. The van der Waals surface area contributed by atoms with Crippen LogP contribution in [0.5, 0.6) is 0 Å². The first-order valence-electron chi connectivity index (χ1n) is 6.85. The van der Waals surface area contributed by atoms with Gasteiger partial charge in [0.25, 0.3) is 11.6 Å². The van der Waals surface area contributed by atoms with E-state index in [1.807, 2.05) is 13.8 Å². The fraction of sp³-hybridized carbons (Fsp3) is 0.500. The lowest BCUT2D eigenvalue weighted by Crippen LogP contribution is -2.38. The highest BCUT2D eigenvalue weighted by Crippen LogP contribution is 2.32. The topological polar surface area (TPSA) is 89.5 Å². The van der Waals surface area contributed by atoms with Gasteiger partial charge >= 0.3 is 0 Å². The second-order valence-corrected chi connectivity index (χ2v) is 5.64. The third-order valence-electron chi connectivity index (χ3n) is 3.58. The van der Waals surface area contributed by atoms with Crippen LogP contribution in [0, 0.1) is 21.8 Å². The van der Waals surface area contributed by atoms with Crippen LogP contribution < -0.4 is 5.73 Å². The van der Waals surface area contributed by atoms with Crippen LogP contribution in [0.1, 0.15) is 37.0 Å². The summed E-state index contributed by atoms with van der Waals surface area (Å²) in [5, 5.41) is 11.0. The van der Waals surface area contributed by atoms with E-state index < -0.39 is 22.3 Å². The predicted molar refractivity (Wildman–Crippen MR) is 76.4 cm³/mol. The number of rotatable bonds is 5. The number of carbonyl (C=O) groups is 1. The van der Waals surface area contributed by atoms with Crippen LogP contribution in [0.25, 0.3) is 0 Å². The Morgan fingerprint density at radius 2 is 2.14 bits per heavy atom. The van der Waals surface area contributed by atoms with Crippen LogP contribution in [-0.4, -0.2) is 28.3 Å². The lowest BCUT2D eigenvalue weighted by molar-refractivity contribution is -0.385. The van der Waals surface area contributed by atoms with Gasteiger partial charge in [0.05, 0.1) is 16.7 Å². The molecule has 0 atom stereocenters. The number of benzene rings is 1. The highest BCUT2D eigenvalue weighted by molar-refractivity contribution is 5.99. The molecule has 0 aliphatic heterocycles. The molecule has 21 heavy (non-hydrogen) atoms. The SMILES string of the molecule is CC(C)N(CC1CC1)C(=O)c1cc(N)c(F)cc1[N+](=O)[O-]. The van der Waals surface area contributed by atoms with E-state index in [1.165, 1.54) is 0 Å². The summed E-state index contributed by atoms with van der Waals surface area (Å²) >= 11 is 0. The molecule has 0 spiro atoms. The van der Waals surface area contributed by atoms with E-state index >= 15 is 0 Å². The molecule has 2 N–H and O–H groups in total. The molecule has 6 nitrogen and oxygen atoms in total. The van der Waals surface area contributed by atoms with Gasteiger partial charge in [0.2, 0.25) is 0 Å². The van der Waals surface area contributed by atoms with E-state index in [0.717, 1.165) is 18.9 Å². The van der Waals surface area contributed by atoms with Gasteiger partial charge in [-0.2, -0.15) is 0 Å². The smallest absolute Gasteiger partial charge is 0.285 e. The summed E-state index contributed by atoms with van der Waals surface area (Å²) < 4.78 is 13.4. The molecule has 114 valence electrons. The van der Waals surface area contributed by atoms with Gasteiger partial charge in [0.1, 0.15) is 5.56 Å². The van der Waals surface area contributed by atoms with Crippen molar-refractivity contribution in [3.63, 3.8) is 0 Å². The molecule has 1 amide bonds. The number of hydrogen-bond acceptors (Lipinski definition) is 4. The molecule has 1 aromatic carbocycles. The van der Waals surface area contributed by atoms with Crippen LogP contribution in [0.2, 0.25) is 0 Å². The van der Waals surface area contributed by atoms with Crippen molar-refractivity contribution in [3.05, 3.63) is 33.6 Å². The molecule has 0 aromatic heterocycles. The van der Waals surface area contributed by atoms with E-state index in [-0.39, 0.29) is 17.3 Å². The van der Waals surface area contributed by atoms with Crippen molar-refractivity contribution in [1.82, 2.24) is 4.90 Å². The monoisotopic (exact) mass is 295 g/mol. The van der Waals surface area contributed by atoms with Gasteiger partial charge in [-0.05, 0) is 38.7 Å². The van der Waals surface area contributed by atoms with Crippen molar-refractivity contribution >= 4 is 17.3 Å². The fourth-order valence-electron chi connectivity index (χ4n) is 2.16. The summed E-state index contributed by atoms with van der Waals surface area (Å²) in [6.45, 7) is 4.25. The van der Waals surface area contributed by atoms with Gasteiger partial charge in [0.15, 0.2) is 5.82 Å². The molecule has 1 aromatic rings. The Kier molecular flexibility index (Phi) is 4.11. The van der Waals surface area contributed by atoms with E-state index in [4.69, 9.17) is 5.73 Å². The predicted octanol–water partition coefficient (Wildman–Crippen LogP) is 2.58. The number of halogens is 1. The van der Waals surface area contributed by atoms with Crippen LogP contribution in [-0.2, 0) is 0 Å². The molecular weight excluding hydrogens is 277 g/mol. The fourth-order valence-corrected chi connectivity index (χ4v) is 2.16. The molecule has 2 rings (SSSR count). The first-order valence-corrected chi connectivity index (χ1v) is 6.85. The molecule has 0 unspecified atom stereocenters. The minimum absolute atomic E-state index is 0.0935. The maximum Gasteiger partial charge on any atom is 0.285 e. The Bertz CT molecular complexity index is 585. The van der Waals surface area contributed by atoms with Crippen LogP contribution in [0.3, 0.4) is 0 Å². The summed E-state index contributed by atoms with van der Waals surface area (Å²) in [6.07, 6.45) is 2.12. The first kappa shape index (κ1) is 15.2. The number of nitro groups is 1. The van der Waals surface area contributed by atoms with Crippen LogP contribution >= 0.6 is 0 Å². The molecule has 0 saturated heterocycles. The zero-order valence-corrected chi connectivity index (χ0v) is 12.0. The van der Waals surface area contributed by atoms with Crippen molar-refractivity contribution in [2.45, 2.75) is 32.7 Å². The summed E-state index contributed by atoms with van der Waals surface area (Å²) in [5.74, 6) is -0.917. The molecule has 1 fully saturated rings. The second-order valence-electron chi connectivity index (χ2n) is 5.64. The average molecular weight is 295 g/mol. The Hall–Kier alpha value is -2.18. The molecular formula is C14H18FN3O3. The van der Waals surface area contributed by atoms with E-state index in [2.05, 4.69) is 0 Å². The maximum absolute atomic E-state index is 13.4. The van der Waals surface area contributed by atoms with E-state index in [1.54, 1.807) is 4.90 Å². The minimum atomic E-state index is -0.892. The van der Waals surface area contributed by atoms with E-state index in [0.29, 0.717) is 18.5 Å². The molecule has 1 aliphatic carbocycles. The number of nitrogens with two attached hydrogens (primary N) is 1. The average Bonchev–Trinajstić information content (AvgIpc) is 3.21. The number of nitro benzene ring substituents is 1. The van der Waals surface area contributed by atoms with Gasteiger partial charge in [-0.1, -0.05) is 0 Å². The largest absolute Gasteiger partial charge is 0.396 e. The third kappa shape index (κ3) is 3.29. The zero-order chi connectivity index (χ0) is 15.7. The van der Waals surface area contributed by atoms with E-state index in [9.17, 15) is 19.3 Å². The summed E-state index contributed by atoms with van der Waals surface area (Å²) in [5.41, 5.74) is 4.48. The quantitative estimate of drug-likeness (QED) is 0.513. The van der Waals surface area contributed by atoms with Crippen molar-refractivity contribution in [2.24, 2.45) is 5.92 Å². The summed E-state index contributed by atoms with van der Waals surface area (Å²) in [7, 11) is 0. The van der Waals surface area contributed by atoms with Crippen LogP contribution in [0.4, 0.5) is 15.8 Å². The number of carbonyl (C=O) groups excluding carboxylic acids is 1. The zero-order valence-electron chi connectivity index (χ0n) is 12.0. The highest BCUT2D eigenvalue weighted by Gasteiger charge is 2.32. The van der Waals surface area contributed by atoms with Gasteiger partial charge in [0, 0.05) is 12.6 Å². The lowest BCUT2D eigenvalue weighted by Gasteiger charge is -2.26.